The molecule has 0 unspecified atom stereocenters. The summed E-state index contributed by atoms with van der Waals surface area (Å²) in [5.74, 6) is -5.65. The topological polar surface area (TPSA) is 309 Å². The van der Waals surface area contributed by atoms with E-state index in [4.69, 9.17) is 0 Å². The number of hydrogen-bond donors (Lipinski definition) is 5. The number of rotatable bonds is 17. The Morgan fingerprint density at radius 2 is 0.558 bits per heavy atom. The fourth-order valence-electron chi connectivity index (χ4n) is 15.6. The van der Waals surface area contributed by atoms with E-state index in [1.165, 1.54) is 34.6 Å². The van der Waals surface area contributed by atoms with E-state index in [1.807, 2.05) is 38.0 Å². The molecule has 0 aromatic carbocycles. The van der Waals surface area contributed by atoms with Crippen molar-refractivity contribution in [2.45, 2.75) is 142 Å². The largest absolute Gasteiger partial charge is 0.452 e. The molecule has 5 saturated heterocycles. The molecule has 129 heavy (non-hydrogen) atoms. The van der Waals surface area contributed by atoms with Gasteiger partial charge in [-0.1, -0.05) is 25.8 Å². The van der Waals surface area contributed by atoms with Crippen LogP contribution in [-0.2, 0) is 35.7 Å². The third kappa shape index (κ3) is 24.3. The molecule has 0 bridgehead atoms. The second kappa shape index (κ2) is 42.6. The maximum absolute atomic E-state index is 12.9. The maximum atomic E-state index is 12.9. The smallest absolute Gasteiger partial charge is 0.359 e. The minimum atomic E-state index is -4.62. The quantitative estimate of drug-likeness (QED) is 0.0529. The Morgan fingerprint density at radius 3 is 0.775 bits per heavy atom. The number of carbonyl (C=O) groups is 6. The third-order valence-corrected chi connectivity index (χ3v) is 27.7. The van der Waals surface area contributed by atoms with Crippen molar-refractivity contribution in [1.82, 2.24) is 76.9 Å². The van der Waals surface area contributed by atoms with Gasteiger partial charge in [0.15, 0.2) is 0 Å². The molecule has 46 heteroatoms. The number of nitrogens with zero attached hydrogens (tertiary/aromatic N) is 10. The zero-order chi connectivity index (χ0) is 93.9. The number of amides is 6. The minimum Gasteiger partial charge on any atom is -0.359 e. The number of hydrogen-bond acceptors (Lipinski definition) is 25. The fourth-order valence-corrected chi connectivity index (χ4v) is 20.7. The average Bonchev–Trinajstić information content (AvgIpc) is 1.66. The minimum absolute atomic E-state index is 0.0644. The monoisotopic (exact) mass is 1920 g/mol. The SMILES string of the molecule is CNC(=O)[C@H]1CCCN(C(=O)c2ccc(-c3noc(C(F)(F)F)c3C)s2)C1.CNC[C@@H]1CCCN(C(=O)c2ccc(-c3noc(C(F)(F)F)c3C)s2)C1.CNC[C@H]1CCCN(C(=O)c2ccc(-c3noc(C(F)(F)F)c3C)s2)C1.CN[C@@H]1CCCN(C(=O)c2ccc(-c3noc(C(F)(F)F)c3C)s2)C1.CN[C@H]1CCCN(C(=O)c2ccc(-c3noc(C(F)(F)F)c3C)s2)C1. The van der Waals surface area contributed by atoms with Crippen molar-refractivity contribution in [2.75, 3.05) is 114 Å². The molecule has 5 atom stereocenters. The number of likely N-dealkylation sites (N-methyl/N-ethyl adjacent to an activating group) is 2. The molecule has 702 valence electrons. The first kappa shape index (κ1) is 99.7. The molecular formula is C83H94F15N15O11S5. The lowest BCUT2D eigenvalue weighted by Crippen LogP contribution is -2.46. The van der Waals surface area contributed by atoms with Crippen LogP contribution in [0.3, 0.4) is 0 Å². The first-order valence-corrected chi connectivity index (χ1v) is 45.0. The van der Waals surface area contributed by atoms with Crippen LogP contribution in [0, 0.1) is 52.4 Å². The van der Waals surface area contributed by atoms with Crippen molar-refractivity contribution in [1.29, 1.82) is 0 Å². The number of alkyl halides is 15. The van der Waals surface area contributed by atoms with Crippen LogP contribution in [0.15, 0.2) is 83.3 Å². The second-order valence-corrected chi connectivity index (χ2v) is 36.8. The average molecular weight is 1920 g/mol. The van der Waals surface area contributed by atoms with Gasteiger partial charge in [-0.25, -0.2) is 0 Å². The lowest BCUT2D eigenvalue weighted by Gasteiger charge is -2.32. The van der Waals surface area contributed by atoms with E-state index in [1.54, 1.807) is 82.4 Å². The number of carbonyl (C=O) groups excluding carboxylic acids is 6. The number of thiophene rings is 5. The summed E-state index contributed by atoms with van der Waals surface area (Å²) in [4.78, 5) is 88.9. The Kier molecular flexibility index (Phi) is 32.9. The molecule has 5 fully saturated rings. The van der Waals surface area contributed by atoms with Crippen molar-refractivity contribution in [3.05, 3.63) is 142 Å². The Labute approximate surface area is 749 Å². The number of likely N-dealkylation sites (tertiary alicyclic amines) is 5. The summed E-state index contributed by atoms with van der Waals surface area (Å²) in [6.45, 7) is 14.6. The van der Waals surface area contributed by atoms with Crippen LogP contribution in [0.2, 0.25) is 0 Å². The van der Waals surface area contributed by atoms with Crippen LogP contribution >= 0.6 is 56.7 Å². The predicted octanol–water partition coefficient (Wildman–Crippen LogP) is 18.0. The van der Waals surface area contributed by atoms with Gasteiger partial charge in [0.25, 0.3) is 29.5 Å². The predicted molar refractivity (Wildman–Crippen MR) is 452 cm³/mol. The molecular weight excluding hydrogens is 1830 g/mol. The molecule has 0 spiro atoms. The molecule has 0 radical (unpaired) electrons. The van der Waals surface area contributed by atoms with E-state index in [2.05, 4.69) is 75.0 Å². The van der Waals surface area contributed by atoms with Gasteiger partial charge in [0, 0.05) is 112 Å². The van der Waals surface area contributed by atoms with Gasteiger partial charge < -0.3 is 73.7 Å². The first-order chi connectivity index (χ1) is 61.0. The summed E-state index contributed by atoms with van der Waals surface area (Å²) in [5, 5.41) is 32.9. The van der Waals surface area contributed by atoms with Crippen molar-refractivity contribution in [2.24, 2.45) is 17.8 Å². The zero-order valence-electron chi connectivity index (χ0n) is 71.4. The summed E-state index contributed by atoms with van der Waals surface area (Å²) in [6, 6.07) is 16.7. The van der Waals surface area contributed by atoms with Crippen LogP contribution in [-0.4, -0.2) is 212 Å². The zero-order valence-corrected chi connectivity index (χ0v) is 75.5. The van der Waals surface area contributed by atoms with E-state index in [0.29, 0.717) is 126 Å². The molecule has 5 aliphatic heterocycles. The summed E-state index contributed by atoms with van der Waals surface area (Å²) in [5.41, 5.74) is 0.223. The third-order valence-electron chi connectivity index (χ3n) is 22.3. The highest BCUT2D eigenvalue weighted by Crippen LogP contribution is 2.45. The lowest BCUT2D eigenvalue weighted by atomic mass is 9.97. The first-order valence-electron chi connectivity index (χ1n) is 41.0. The Balaban J connectivity index is 0.000000156. The summed E-state index contributed by atoms with van der Waals surface area (Å²) in [6.07, 6.45) is -13.5. The summed E-state index contributed by atoms with van der Waals surface area (Å²) < 4.78 is 215. The number of halogens is 15. The molecule has 15 rings (SSSR count). The molecule has 5 N–H and O–H groups in total. The standard InChI is InChI=1S/C17H18F3N3O3S.2C17H20F3N3O2S.2C16H18F3N3O2S/c1-9-13(22-26-14(9)17(18,19)20)11-5-6-12(27-11)16(25)23-7-3-4-10(8-23)15(24)21-2;2*1-10-14(22-25-15(10)17(18,19)20)12-5-6-13(26-12)16(24)23-7-3-4-11(9-23)8-21-2;2*1-9-13(21-24-14(9)16(17,18)19)11-5-6-12(25-11)15(23)22-7-3-4-10(8-22)20-2/h5-6,10H,3-4,7-8H2,1-2H3,(H,21,24);2*5-6,11,21H,3-4,7-9H2,1-2H3;2*5-6,10,20H,3-4,7-8H2,1-2H3/t10-;2*11-;2*10-/m01010/s1. The normalized spacial score (nSPS) is 18.3. The molecule has 0 saturated carbocycles. The molecule has 10 aromatic heterocycles. The molecule has 0 aliphatic carbocycles. The van der Waals surface area contributed by atoms with Gasteiger partial charge in [0.05, 0.1) is 54.7 Å². The van der Waals surface area contributed by atoms with Crippen LogP contribution < -0.4 is 26.6 Å². The van der Waals surface area contributed by atoms with Crippen molar-refractivity contribution >= 4 is 92.1 Å². The van der Waals surface area contributed by atoms with E-state index in [9.17, 15) is 94.6 Å². The van der Waals surface area contributed by atoms with Crippen molar-refractivity contribution in [3.8, 4) is 52.9 Å². The summed E-state index contributed by atoms with van der Waals surface area (Å²) >= 11 is 5.61. The lowest BCUT2D eigenvalue weighted by molar-refractivity contribution is -0.156. The Hall–Kier alpha value is -9.84. The number of piperidine rings is 5. The molecule has 15 heterocycles. The maximum Gasteiger partial charge on any atom is 0.452 e. The molecule has 26 nitrogen and oxygen atoms in total. The molecule has 10 aromatic rings. The highest BCUT2D eigenvalue weighted by Gasteiger charge is 2.45. The van der Waals surface area contributed by atoms with Gasteiger partial charge >= 0.3 is 30.9 Å². The van der Waals surface area contributed by atoms with Gasteiger partial charge in [-0.05, 0) is 213 Å². The second-order valence-electron chi connectivity index (χ2n) is 31.3. The van der Waals surface area contributed by atoms with E-state index >= 15 is 0 Å². The van der Waals surface area contributed by atoms with Gasteiger partial charge in [-0.2, -0.15) is 65.9 Å². The van der Waals surface area contributed by atoms with Crippen molar-refractivity contribution < 1.29 is 117 Å². The highest BCUT2D eigenvalue weighted by molar-refractivity contribution is 7.18. The fraction of sp³-hybridized carbons (Fsp3) is 0.506. The molecule has 6 amide bonds. The number of nitrogens with one attached hydrogen (secondary N) is 5. The van der Waals surface area contributed by atoms with Gasteiger partial charge in [0.2, 0.25) is 34.7 Å². The van der Waals surface area contributed by atoms with E-state index in [-0.39, 0.29) is 110 Å². The van der Waals surface area contributed by atoms with E-state index < -0.39 is 59.7 Å². The van der Waals surface area contributed by atoms with Crippen LogP contribution in [0.4, 0.5) is 65.9 Å². The Morgan fingerprint density at radius 1 is 0.333 bits per heavy atom. The van der Waals surface area contributed by atoms with Crippen LogP contribution in [0.25, 0.3) is 52.9 Å². The van der Waals surface area contributed by atoms with Gasteiger partial charge in [-0.3, -0.25) is 28.8 Å². The van der Waals surface area contributed by atoms with Crippen molar-refractivity contribution in [3.63, 3.8) is 0 Å². The van der Waals surface area contributed by atoms with Crippen LogP contribution in [0.5, 0.6) is 0 Å². The van der Waals surface area contributed by atoms with E-state index in [0.717, 1.165) is 134 Å². The summed E-state index contributed by atoms with van der Waals surface area (Å²) in [7, 11) is 9.08. The van der Waals surface area contributed by atoms with Crippen LogP contribution in [0.1, 0.15) is 169 Å². The Bertz CT molecular complexity index is 5230. The molecule has 5 aliphatic rings. The van der Waals surface area contributed by atoms with Gasteiger partial charge in [-0.15, -0.1) is 56.7 Å². The van der Waals surface area contributed by atoms with Gasteiger partial charge in [0.1, 0.15) is 28.5 Å². The highest BCUT2D eigenvalue weighted by atomic mass is 32.1. The number of aromatic nitrogens is 5.